The lowest BCUT2D eigenvalue weighted by Crippen LogP contribution is -1.88. The van der Waals surface area contributed by atoms with Crippen molar-refractivity contribution in [3.8, 4) is 11.1 Å². The van der Waals surface area contributed by atoms with E-state index in [0.29, 0.717) is 10.9 Å². The van der Waals surface area contributed by atoms with Gasteiger partial charge in [-0.3, -0.25) is 0 Å². The summed E-state index contributed by atoms with van der Waals surface area (Å²) in [6.45, 7) is 0. The van der Waals surface area contributed by atoms with Crippen molar-refractivity contribution in [2.45, 2.75) is 0 Å². The molecule has 2 N–H and O–H groups in total. The molecule has 0 fully saturated rings. The molecule has 0 bridgehead atoms. The Bertz CT molecular complexity index is 699. The zero-order valence-electron chi connectivity index (χ0n) is 9.14. The maximum Gasteiger partial charge on any atom is 0.229 e. The number of aryl methyl sites for hydroxylation is 1. The zero-order chi connectivity index (χ0) is 12.0. The van der Waals surface area contributed by atoms with Gasteiger partial charge in [0.1, 0.15) is 0 Å². The highest BCUT2D eigenvalue weighted by Crippen LogP contribution is 2.33. The van der Waals surface area contributed by atoms with Crippen LogP contribution in [0, 0.1) is 0 Å². The average Bonchev–Trinajstić information content (AvgIpc) is 2.86. The summed E-state index contributed by atoms with van der Waals surface area (Å²) < 4.78 is 6.87. The Morgan fingerprint density at radius 3 is 2.94 bits per heavy atom. The maximum atomic E-state index is 6.24. The van der Waals surface area contributed by atoms with Gasteiger partial charge in [0.05, 0.1) is 16.8 Å². The second kappa shape index (κ2) is 3.53. The number of rotatable bonds is 1. The Hall–Kier alpha value is -1.94. The van der Waals surface area contributed by atoms with Gasteiger partial charge in [0.2, 0.25) is 5.88 Å². The molecule has 4 nitrogen and oxygen atoms in total. The number of nitrogen functional groups attached to an aromatic ring is 1. The molecule has 0 atom stereocenters. The van der Waals surface area contributed by atoms with Crippen LogP contribution in [0.1, 0.15) is 0 Å². The fourth-order valence-electron chi connectivity index (χ4n) is 1.95. The van der Waals surface area contributed by atoms with E-state index in [9.17, 15) is 0 Å². The highest BCUT2D eigenvalue weighted by atomic mass is 35.5. The Labute approximate surface area is 103 Å². The van der Waals surface area contributed by atoms with Crippen LogP contribution in [0.15, 0.2) is 35.1 Å². The summed E-state index contributed by atoms with van der Waals surface area (Å²) in [5.74, 6) is 0.301. The molecule has 1 aromatic carbocycles. The summed E-state index contributed by atoms with van der Waals surface area (Å²) in [7, 11) is 1.97. The largest absolute Gasteiger partial charge is 0.367 e. The minimum atomic E-state index is 0.301. The third kappa shape index (κ3) is 1.49. The zero-order valence-corrected chi connectivity index (χ0v) is 9.90. The van der Waals surface area contributed by atoms with Crippen LogP contribution in [-0.2, 0) is 7.05 Å². The minimum absolute atomic E-state index is 0.301. The standard InChI is InChI=1S/C12H10ClN3O/c1-16-3-2-8-10(13)4-7(5-11(8)16)9-6-15-17-12(9)14/h2-6H,14H2,1H3. The van der Waals surface area contributed by atoms with E-state index in [0.717, 1.165) is 22.0 Å². The lowest BCUT2D eigenvalue weighted by Gasteiger charge is -2.03. The van der Waals surface area contributed by atoms with Gasteiger partial charge in [-0.25, -0.2) is 0 Å². The van der Waals surface area contributed by atoms with Crippen LogP contribution in [0.2, 0.25) is 5.02 Å². The number of anilines is 1. The lowest BCUT2D eigenvalue weighted by molar-refractivity contribution is 0.436. The van der Waals surface area contributed by atoms with Crippen molar-refractivity contribution in [1.29, 1.82) is 0 Å². The van der Waals surface area contributed by atoms with Crippen LogP contribution >= 0.6 is 11.6 Å². The highest BCUT2D eigenvalue weighted by molar-refractivity contribution is 6.35. The summed E-state index contributed by atoms with van der Waals surface area (Å²) >= 11 is 6.24. The fourth-order valence-corrected chi connectivity index (χ4v) is 2.23. The summed E-state index contributed by atoms with van der Waals surface area (Å²) in [5.41, 5.74) is 8.42. The molecule has 0 aliphatic carbocycles. The normalized spacial score (nSPS) is 11.2. The van der Waals surface area contributed by atoms with Crippen LogP contribution in [0.5, 0.6) is 0 Å². The molecule has 5 heteroatoms. The third-order valence-electron chi connectivity index (χ3n) is 2.86. The van der Waals surface area contributed by atoms with E-state index in [1.54, 1.807) is 6.20 Å². The van der Waals surface area contributed by atoms with E-state index < -0.39 is 0 Å². The minimum Gasteiger partial charge on any atom is -0.367 e. The van der Waals surface area contributed by atoms with E-state index >= 15 is 0 Å². The number of halogens is 1. The molecule has 0 aliphatic heterocycles. The van der Waals surface area contributed by atoms with E-state index in [2.05, 4.69) is 5.16 Å². The molecule has 0 amide bonds. The lowest BCUT2D eigenvalue weighted by atomic mass is 10.1. The molecule has 3 aromatic rings. The van der Waals surface area contributed by atoms with Gasteiger partial charge in [-0.05, 0) is 23.8 Å². The molecule has 0 unspecified atom stereocenters. The number of nitrogens with zero attached hydrogens (tertiary/aromatic N) is 2. The topological polar surface area (TPSA) is 57.0 Å². The van der Waals surface area contributed by atoms with E-state index in [1.807, 2.05) is 36.0 Å². The Balaban J connectivity index is 2.32. The van der Waals surface area contributed by atoms with Crippen LogP contribution in [0.3, 0.4) is 0 Å². The number of hydrogen-bond donors (Lipinski definition) is 1. The second-order valence-corrected chi connectivity index (χ2v) is 4.33. The molecule has 86 valence electrons. The summed E-state index contributed by atoms with van der Waals surface area (Å²) in [5, 5.41) is 5.38. The van der Waals surface area contributed by atoms with Crippen molar-refractivity contribution in [1.82, 2.24) is 9.72 Å². The van der Waals surface area contributed by atoms with Crippen LogP contribution in [0.25, 0.3) is 22.0 Å². The Kier molecular flexibility index (Phi) is 2.12. The quantitative estimate of drug-likeness (QED) is 0.719. The number of aromatic nitrogens is 2. The second-order valence-electron chi connectivity index (χ2n) is 3.92. The van der Waals surface area contributed by atoms with Crippen molar-refractivity contribution in [2.24, 2.45) is 7.05 Å². The smallest absolute Gasteiger partial charge is 0.229 e. The first-order valence-electron chi connectivity index (χ1n) is 5.12. The summed E-state index contributed by atoms with van der Waals surface area (Å²) in [4.78, 5) is 0. The van der Waals surface area contributed by atoms with Crippen LogP contribution < -0.4 is 5.73 Å². The first kappa shape index (κ1) is 10.2. The molecule has 3 rings (SSSR count). The molecule has 2 heterocycles. The molecule has 0 aliphatic rings. The number of nitrogens with two attached hydrogens (primary N) is 1. The van der Waals surface area contributed by atoms with Crippen molar-refractivity contribution in [2.75, 3.05) is 5.73 Å². The van der Waals surface area contributed by atoms with Crippen molar-refractivity contribution in [3.63, 3.8) is 0 Å². The van der Waals surface area contributed by atoms with Gasteiger partial charge >= 0.3 is 0 Å². The maximum absolute atomic E-state index is 6.24. The molecule has 0 saturated carbocycles. The summed E-state index contributed by atoms with van der Waals surface area (Å²) in [6, 6.07) is 5.87. The molecule has 17 heavy (non-hydrogen) atoms. The molecular formula is C12H10ClN3O. The molecular weight excluding hydrogens is 238 g/mol. The first-order chi connectivity index (χ1) is 8.16. The van der Waals surface area contributed by atoms with Gasteiger partial charge in [-0.2, -0.15) is 0 Å². The number of benzene rings is 1. The average molecular weight is 248 g/mol. The SMILES string of the molecule is Cn1ccc2c(Cl)cc(-c3cnoc3N)cc21. The fraction of sp³-hybridized carbons (Fsp3) is 0.0833. The predicted molar refractivity (Wildman–Crippen MR) is 67.8 cm³/mol. The van der Waals surface area contributed by atoms with E-state index in [4.69, 9.17) is 21.9 Å². The van der Waals surface area contributed by atoms with Gasteiger partial charge < -0.3 is 14.8 Å². The van der Waals surface area contributed by atoms with Gasteiger partial charge in [0.15, 0.2) is 0 Å². The van der Waals surface area contributed by atoms with Crippen molar-refractivity contribution < 1.29 is 4.52 Å². The van der Waals surface area contributed by atoms with Gasteiger partial charge in [0, 0.05) is 24.1 Å². The first-order valence-corrected chi connectivity index (χ1v) is 5.49. The van der Waals surface area contributed by atoms with Crippen molar-refractivity contribution >= 4 is 28.4 Å². The highest BCUT2D eigenvalue weighted by Gasteiger charge is 2.11. The summed E-state index contributed by atoms with van der Waals surface area (Å²) in [6.07, 6.45) is 3.56. The Morgan fingerprint density at radius 2 is 2.24 bits per heavy atom. The molecule has 0 saturated heterocycles. The van der Waals surface area contributed by atoms with Crippen LogP contribution in [-0.4, -0.2) is 9.72 Å². The van der Waals surface area contributed by atoms with Crippen molar-refractivity contribution in [3.05, 3.63) is 35.6 Å². The van der Waals surface area contributed by atoms with Gasteiger partial charge in [-0.15, -0.1) is 0 Å². The van der Waals surface area contributed by atoms with Crippen LogP contribution in [0.4, 0.5) is 5.88 Å². The van der Waals surface area contributed by atoms with Gasteiger partial charge in [-0.1, -0.05) is 16.8 Å². The monoisotopic (exact) mass is 247 g/mol. The number of hydrogen-bond acceptors (Lipinski definition) is 3. The van der Waals surface area contributed by atoms with E-state index in [-0.39, 0.29) is 0 Å². The molecule has 0 radical (unpaired) electrons. The Morgan fingerprint density at radius 1 is 1.41 bits per heavy atom. The molecule has 2 aromatic heterocycles. The number of fused-ring (bicyclic) bond motifs is 1. The third-order valence-corrected chi connectivity index (χ3v) is 3.17. The molecule has 0 spiro atoms. The van der Waals surface area contributed by atoms with E-state index in [1.165, 1.54) is 0 Å². The van der Waals surface area contributed by atoms with Gasteiger partial charge in [0.25, 0.3) is 0 Å². The predicted octanol–water partition coefficient (Wildman–Crippen LogP) is 3.07.